The number of fused-ring (bicyclic) bond motifs is 1. The maximum atomic E-state index is 10.5. The van der Waals surface area contributed by atoms with E-state index in [1.807, 2.05) is 6.07 Å². The van der Waals surface area contributed by atoms with E-state index in [1.165, 1.54) is 56.3 Å². The summed E-state index contributed by atoms with van der Waals surface area (Å²) in [6, 6.07) is 7.26. The number of aromatic hydroxyl groups is 1. The number of hydrogen-bond donors (Lipinski definition) is 2. The average molecular weight is 385 g/mol. The van der Waals surface area contributed by atoms with Gasteiger partial charge in [0, 0.05) is 24.0 Å². The largest absolute Gasteiger partial charge is 0.508 e. The molecule has 1 heterocycles. The van der Waals surface area contributed by atoms with Gasteiger partial charge in [0.1, 0.15) is 5.75 Å². The summed E-state index contributed by atoms with van der Waals surface area (Å²) in [5.74, 6) is 1.99. The molecule has 3 fully saturated rings. The number of benzene rings is 1. The molecule has 0 bridgehead atoms. The highest BCUT2D eigenvalue weighted by molar-refractivity contribution is 5.45. The summed E-state index contributed by atoms with van der Waals surface area (Å²) in [6.45, 7) is 12.2. The van der Waals surface area contributed by atoms with Crippen molar-refractivity contribution in [3.05, 3.63) is 29.3 Å². The molecule has 4 rings (SSSR count). The van der Waals surface area contributed by atoms with Gasteiger partial charge in [0.2, 0.25) is 0 Å². The zero-order chi connectivity index (χ0) is 20.1. The van der Waals surface area contributed by atoms with E-state index >= 15 is 0 Å². The van der Waals surface area contributed by atoms with Gasteiger partial charge in [-0.2, -0.15) is 0 Å². The quantitative estimate of drug-likeness (QED) is 0.745. The van der Waals surface area contributed by atoms with E-state index in [2.05, 4.69) is 57.1 Å². The van der Waals surface area contributed by atoms with Crippen LogP contribution in [-0.4, -0.2) is 42.2 Å². The van der Waals surface area contributed by atoms with E-state index in [0.29, 0.717) is 23.8 Å². The van der Waals surface area contributed by atoms with Crippen LogP contribution in [-0.2, 0) is 11.8 Å². The number of aryl methyl sites for hydroxylation is 1. The van der Waals surface area contributed by atoms with Crippen molar-refractivity contribution in [1.82, 2.24) is 10.2 Å². The van der Waals surface area contributed by atoms with E-state index in [9.17, 15) is 5.11 Å². The van der Waals surface area contributed by atoms with Crippen LogP contribution in [0.1, 0.15) is 70.9 Å². The van der Waals surface area contributed by atoms with Crippen molar-refractivity contribution in [2.24, 2.45) is 17.3 Å². The molecule has 3 aliphatic rings. The standard InChI is InChI=1S/C25H40N2O/c1-6-20-9-10-21(28)15-23(20)25-13-14-27(16-19-7-8-19)18(3)24(25,4)12-11-22(25)17(2)26-5/h9-10,15,17-19,22,26,28H,6-8,11-14,16H2,1-5H3. The fourth-order valence-corrected chi connectivity index (χ4v) is 7.01. The van der Waals surface area contributed by atoms with Crippen molar-refractivity contribution in [2.45, 2.75) is 83.7 Å². The highest BCUT2D eigenvalue weighted by Crippen LogP contribution is 2.65. The van der Waals surface area contributed by atoms with Crippen LogP contribution in [0.4, 0.5) is 0 Å². The molecule has 1 aromatic carbocycles. The fourth-order valence-electron chi connectivity index (χ4n) is 7.01. The number of rotatable bonds is 6. The molecule has 0 radical (unpaired) electrons. The Balaban J connectivity index is 1.84. The van der Waals surface area contributed by atoms with Gasteiger partial charge in [-0.3, -0.25) is 4.90 Å². The molecule has 0 amide bonds. The summed E-state index contributed by atoms with van der Waals surface area (Å²) >= 11 is 0. The Kier molecular flexibility index (Phi) is 5.29. The van der Waals surface area contributed by atoms with Gasteiger partial charge in [-0.25, -0.2) is 0 Å². The first-order valence-corrected chi connectivity index (χ1v) is 11.6. The number of likely N-dealkylation sites (tertiary alicyclic amines) is 1. The van der Waals surface area contributed by atoms with Crippen LogP contribution in [0.5, 0.6) is 5.75 Å². The fraction of sp³-hybridized carbons (Fsp3) is 0.760. The van der Waals surface area contributed by atoms with Crippen LogP contribution in [0.25, 0.3) is 0 Å². The van der Waals surface area contributed by atoms with Crippen molar-refractivity contribution in [1.29, 1.82) is 0 Å². The number of nitrogens with zero attached hydrogens (tertiary/aromatic N) is 1. The van der Waals surface area contributed by atoms with Gasteiger partial charge in [-0.05, 0) is 106 Å². The second-order valence-corrected chi connectivity index (χ2v) is 10.2. The monoisotopic (exact) mass is 384 g/mol. The van der Waals surface area contributed by atoms with Crippen molar-refractivity contribution in [3.8, 4) is 5.75 Å². The predicted molar refractivity (Wildman–Crippen MR) is 117 cm³/mol. The van der Waals surface area contributed by atoms with Gasteiger partial charge in [0.25, 0.3) is 0 Å². The molecule has 156 valence electrons. The summed E-state index contributed by atoms with van der Waals surface area (Å²) in [4.78, 5) is 2.80. The van der Waals surface area contributed by atoms with Crippen LogP contribution >= 0.6 is 0 Å². The molecule has 3 nitrogen and oxygen atoms in total. The molecule has 3 heteroatoms. The van der Waals surface area contributed by atoms with Gasteiger partial charge < -0.3 is 10.4 Å². The van der Waals surface area contributed by atoms with Crippen LogP contribution < -0.4 is 5.32 Å². The SMILES string of the molecule is CCc1ccc(O)cc1C12CCN(CC3CC3)C(C)C1(C)CCC2C(C)NC. The summed E-state index contributed by atoms with van der Waals surface area (Å²) in [7, 11) is 2.11. The third-order valence-electron chi connectivity index (χ3n) is 9.09. The third-order valence-corrected chi connectivity index (χ3v) is 9.09. The molecule has 1 aliphatic heterocycles. The number of nitrogens with one attached hydrogen (secondary N) is 1. The summed E-state index contributed by atoms with van der Waals surface area (Å²) < 4.78 is 0. The Morgan fingerprint density at radius 1 is 1.25 bits per heavy atom. The first-order valence-electron chi connectivity index (χ1n) is 11.6. The lowest BCUT2D eigenvalue weighted by molar-refractivity contribution is -0.0399. The van der Waals surface area contributed by atoms with Crippen molar-refractivity contribution in [3.63, 3.8) is 0 Å². The molecule has 1 saturated heterocycles. The van der Waals surface area contributed by atoms with E-state index < -0.39 is 0 Å². The number of phenolic OH excluding ortho intramolecular Hbond substituents is 1. The van der Waals surface area contributed by atoms with E-state index in [-0.39, 0.29) is 10.8 Å². The maximum absolute atomic E-state index is 10.5. The summed E-state index contributed by atoms with van der Waals surface area (Å²) in [5, 5.41) is 14.1. The maximum Gasteiger partial charge on any atom is 0.115 e. The van der Waals surface area contributed by atoms with E-state index in [4.69, 9.17) is 0 Å². The lowest BCUT2D eigenvalue weighted by Gasteiger charge is -2.59. The van der Waals surface area contributed by atoms with Crippen LogP contribution in [0, 0.1) is 17.3 Å². The number of hydrogen-bond acceptors (Lipinski definition) is 3. The molecule has 0 spiro atoms. The number of piperidine rings is 1. The van der Waals surface area contributed by atoms with Crippen LogP contribution in [0.3, 0.4) is 0 Å². The van der Waals surface area contributed by atoms with Crippen molar-refractivity contribution in [2.75, 3.05) is 20.1 Å². The Morgan fingerprint density at radius 3 is 2.64 bits per heavy atom. The molecule has 5 unspecified atom stereocenters. The van der Waals surface area contributed by atoms with Crippen LogP contribution in [0.2, 0.25) is 0 Å². The smallest absolute Gasteiger partial charge is 0.115 e. The third kappa shape index (κ3) is 2.92. The first-order chi connectivity index (χ1) is 13.4. The normalized spacial score (nSPS) is 37.0. The Bertz CT molecular complexity index is 714. The molecular formula is C25H40N2O. The second-order valence-electron chi connectivity index (χ2n) is 10.2. The lowest BCUT2D eigenvalue weighted by atomic mass is 9.51. The highest BCUT2D eigenvalue weighted by Gasteiger charge is 2.64. The molecule has 1 aromatic rings. The molecular weight excluding hydrogens is 344 g/mol. The van der Waals surface area contributed by atoms with Gasteiger partial charge >= 0.3 is 0 Å². The molecule has 2 saturated carbocycles. The minimum atomic E-state index is 0.138. The van der Waals surface area contributed by atoms with Gasteiger partial charge in [-0.15, -0.1) is 0 Å². The zero-order valence-corrected chi connectivity index (χ0v) is 18.6. The topological polar surface area (TPSA) is 35.5 Å². The second kappa shape index (κ2) is 7.32. The molecule has 28 heavy (non-hydrogen) atoms. The van der Waals surface area contributed by atoms with E-state index in [0.717, 1.165) is 12.3 Å². The Hall–Kier alpha value is -1.06. The van der Waals surface area contributed by atoms with Gasteiger partial charge in [0.15, 0.2) is 0 Å². The van der Waals surface area contributed by atoms with Gasteiger partial charge in [-0.1, -0.05) is 19.9 Å². The first kappa shape index (κ1) is 20.2. The molecule has 5 atom stereocenters. The Labute approximate surface area is 171 Å². The lowest BCUT2D eigenvalue weighted by Crippen LogP contribution is -2.63. The minimum Gasteiger partial charge on any atom is -0.508 e. The Morgan fingerprint density at radius 2 is 2.00 bits per heavy atom. The average Bonchev–Trinajstić information content (AvgIpc) is 3.45. The molecule has 2 N–H and O–H groups in total. The van der Waals surface area contributed by atoms with Crippen molar-refractivity contribution >= 4 is 0 Å². The molecule has 2 aliphatic carbocycles. The van der Waals surface area contributed by atoms with E-state index in [1.54, 1.807) is 0 Å². The molecule has 0 aromatic heterocycles. The highest BCUT2D eigenvalue weighted by atomic mass is 16.3. The van der Waals surface area contributed by atoms with Crippen molar-refractivity contribution < 1.29 is 5.11 Å². The number of phenols is 1. The minimum absolute atomic E-state index is 0.138. The van der Waals surface area contributed by atoms with Gasteiger partial charge in [0.05, 0.1) is 0 Å². The summed E-state index contributed by atoms with van der Waals surface area (Å²) in [5.41, 5.74) is 3.26. The zero-order valence-electron chi connectivity index (χ0n) is 18.6. The summed E-state index contributed by atoms with van der Waals surface area (Å²) in [6.07, 6.45) is 7.67. The van der Waals surface area contributed by atoms with Crippen LogP contribution in [0.15, 0.2) is 18.2 Å². The predicted octanol–water partition coefficient (Wildman–Crippen LogP) is 4.72.